The molecule has 114 valence electrons. The van der Waals surface area contributed by atoms with Crippen LogP contribution in [0.1, 0.15) is 54.5 Å². The third kappa shape index (κ3) is 3.72. The van der Waals surface area contributed by atoms with Crippen LogP contribution in [-0.4, -0.2) is 38.9 Å². The number of carboxylic acids is 1. The van der Waals surface area contributed by atoms with E-state index >= 15 is 0 Å². The molecule has 0 aliphatic heterocycles. The zero-order chi connectivity index (χ0) is 15.6. The summed E-state index contributed by atoms with van der Waals surface area (Å²) in [7, 11) is 0. The summed E-state index contributed by atoms with van der Waals surface area (Å²) in [6, 6.07) is 0. The molecule has 0 radical (unpaired) electrons. The van der Waals surface area contributed by atoms with Gasteiger partial charge in [0.25, 0.3) is 0 Å². The number of carbonyl (C=O) groups excluding carboxylic acids is 1. The summed E-state index contributed by atoms with van der Waals surface area (Å²) in [6.45, 7) is 5.38. The third-order valence-corrected chi connectivity index (χ3v) is 4.20. The Morgan fingerprint density at radius 2 is 2.10 bits per heavy atom. The van der Waals surface area contributed by atoms with E-state index in [2.05, 4.69) is 9.97 Å². The minimum Gasteiger partial charge on any atom is -0.478 e. The number of hydrogen-bond donors (Lipinski definition) is 1. The quantitative estimate of drug-likeness (QED) is 0.490. The predicted octanol–water partition coefficient (Wildman–Crippen LogP) is 2.40. The number of hydrogen-bond acceptors (Lipinski definition) is 6. The van der Waals surface area contributed by atoms with E-state index in [-0.39, 0.29) is 11.5 Å². The van der Waals surface area contributed by atoms with E-state index in [0.29, 0.717) is 29.1 Å². The van der Waals surface area contributed by atoms with Gasteiger partial charge in [0, 0.05) is 5.92 Å². The van der Waals surface area contributed by atoms with Gasteiger partial charge in [0.05, 0.1) is 12.3 Å². The van der Waals surface area contributed by atoms with Gasteiger partial charge in [-0.05, 0) is 33.6 Å². The molecule has 2 rings (SSSR count). The number of esters is 1. The van der Waals surface area contributed by atoms with Crippen LogP contribution in [0.15, 0.2) is 5.03 Å². The van der Waals surface area contributed by atoms with Crippen molar-refractivity contribution in [3.05, 3.63) is 17.1 Å². The van der Waals surface area contributed by atoms with Crippen molar-refractivity contribution >= 4 is 23.7 Å². The molecule has 6 nitrogen and oxygen atoms in total. The molecule has 1 N–H and O–H groups in total. The fraction of sp³-hybridized carbons (Fsp3) is 0.571. The molecule has 0 saturated heterocycles. The molecule has 1 aromatic heterocycles. The Hall–Kier alpha value is -1.63. The second-order valence-electron chi connectivity index (χ2n) is 4.94. The molecular formula is C14H18N2O4S. The van der Waals surface area contributed by atoms with E-state index in [4.69, 9.17) is 4.74 Å². The number of carboxylic acid groups (broad SMARTS) is 1. The van der Waals surface area contributed by atoms with Gasteiger partial charge in [-0.2, -0.15) is 0 Å². The van der Waals surface area contributed by atoms with Gasteiger partial charge in [0.2, 0.25) is 0 Å². The van der Waals surface area contributed by atoms with Gasteiger partial charge in [-0.1, -0.05) is 11.8 Å². The highest BCUT2D eigenvalue weighted by molar-refractivity contribution is 8.00. The summed E-state index contributed by atoms with van der Waals surface area (Å²) in [5.41, 5.74) is 0.513. The number of aromatic nitrogens is 2. The smallest absolute Gasteiger partial charge is 0.340 e. The van der Waals surface area contributed by atoms with E-state index in [1.807, 2.05) is 0 Å². The molecule has 1 aliphatic rings. The standard InChI is InChI=1S/C14H18N2O4S/c1-4-20-14(19)8(3)21-12-10(13(17)18)7(2)15-11(16-12)9-5-6-9/h8-9H,4-6H2,1-3H3,(H,17,18). The Balaban J connectivity index is 2.30. The van der Waals surface area contributed by atoms with Crippen molar-refractivity contribution in [1.29, 1.82) is 0 Å². The van der Waals surface area contributed by atoms with Gasteiger partial charge in [-0.25, -0.2) is 14.8 Å². The summed E-state index contributed by atoms with van der Waals surface area (Å²) in [5, 5.41) is 9.17. The summed E-state index contributed by atoms with van der Waals surface area (Å²) in [6.07, 6.45) is 2.06. The number of carbonyl (C=O) groups is 2. The van der Waals surface area contributed by atoms with Gasteiger partial charge in [0.15, 0.2) is 0 Å². The summed E-state index contributed by atoms with van der Waals surface area (Å²) in [5.74, 6) is -0.448. The molecule has 0 bridgehead atoms. The van der Waals surface area contributed by atoms with Crippen LogP contribution in [0.3, 0.4) is 0 Å². The third-order valence-electron chi connectivity index (χ3n) is 3.14. The van der Waals surface area contributed by atoms with E-state index < -0.39 is 11.2 Å². The molecule has 7 heteroatoms. The Morgan fingerprint density at radius 1 is 1.43 bits per heavy atom. The number of nitrogens with zero attached hydrogens (tertiary/aromatic N) is 2. The average Bonchev–Trinajstić information content (AvgIpc) is 3.21. The molecule has 1 saturated carbocycles. The van der Waals surface area contributed by atoms with Crippen LogP contribution in [0.25, 0.3) is 0 Å². The Labute approximate surface area is 127 Å². The van der Waals surface area contributed by atoms with Crippen LogP contribution < -0.4 is 0 Å². The molecule has 0 spiro atoms. The number of rotatable bonds is 6. The maximum absolute atomic E-state index is 11.7. The van der Waals surface area contributed by atoms with Gasteiger partial charge in [-0.3, -0.25) is 4.79 Å². The number of thioether (sulfide) groups is 1. The average molecular weight is 310 g/mol. The van der Waals surface area contributed by atoms with Gasteiger partial charge in [-0.15, -0.1) is 0 Å². The molecule has 0 amide bonds. The molecule has 1 atom stereocenters. The van der Waals surface area contributed by atoms with Crippen molar-refractivity contribution in [3.8, 4) is 0 Å². The number of aromatic carboxylic acids is 1. The van der Waals surface area contributed by atoms with Gasteiger partial charge < -0.3 is 9.84 Å². The van der Waals surface area contributed by atoms with E-state index in [0.717, 1.165) is 24.6 Å². The summed E-state index contributed by atoms with van der Waals surface area (Å²) < 4.78 is 4.95. The molecule has 0 aromatic carbocycles. The fourth-order valence-electron chi connectivity index (χ4n) is 1.90. The number of aryl methyl sites for hydroxylation is 1. The lowest BCUT2D eigenvalue weighted by molar-refractivity contribution is -0.142. The van der Waals surface area contributed by atoms with Crippen LogP contribution in [0.5, 0.6) is 0 Å². The summed E-state index contributed by atoms with van der Waals surface area (Å²) >= 11 is 1.11. The second kappa shape index (κ2) is 6.43. The van der Waals surface area contributed by atoms with Crippen LogP contribution in [0.4, 0.5) is 0 Å². The Morgan fingerprint density at radius 3 is 2.62 bits per heavy atom. The molecule has 1 heterocycles. The zero-order valence-electron chi connectivity index (χ0n) is 12.3. The van der Waals surface area contributed by atoms with Crippen molar-refractivity contribution in [2.75, 3.05) is 6.61 Å². The lowest BCUT2D eigenvalue weighted by atomic mass is 10.2. The van der Waals surface area contributed by atoms with E-state index in [9.17, 15) is 14.7 Å². The molecule has 1 unspecified atom stereocenters. The lowest BCUT2D eigenvalue weighted by Gasteiger charge is -2.13. The first-order chi connectivity index (χ1) is 9.93. The summed E-state index contributed by atoms with van der Waals surface area (Å²) in [4.78, 5) is 31.8. The molecule has 21 heavy (non-hydrogen) atoms. The fourth-order valence-corrected chi connectivity index (χ4v) is 2.90. The van der Waals surface area contributed by atoms with Crippen LogP contribution in [-0.2, 0) is 9.53 Å². The first-order valence-corrected chi connectivity index (χ1v) is 7.77. The number of ether oxygens (including phenoxy) is 1. The monoisotopic (exact) mass is 310 g/mol. The van der Waals surface area contributed by atoms with Gasteiger partial charge in [0.1, 0.15) is 21.7 Å². The molecule has 1 fully saturated rings. The highest BCUT2D eigenvalue weighted by Gasteiger charge is 2.30. The molecule has 1 aromatic rings. The minimum atomic E-state index is -1.08. The van der Waals surface area contributed by atoms with E-state index in [1.54, 1.807) is 20.8 Å². The van der Waals surface area contributed by atoms with Crippen molar-refractivity contribution in [1.82, 2.24) is 9.97 Å². The van der Waals surface area contributed by atoms with Crippen molar-refractivity contribution in [2.45, 2.75) is 49.8 Å². The SMILES string of the molecule is CCOC(=O)C(C)Sc1nc(C2CC2)nc(C)c1C(=O)O. The zero-order valence-corrected chi connectivity index (χ0v) is 13.1. The van der Waals surface area contributed by atoms with Crippen LogP contribution in [0.2, 0.25) is 0 Å². The highest BCUT2D eigenvalue weighted by Crippen LogP contribution is 2.39. The largest absolute Gasteiger partial charge is 0.478 e. The van der Waals surface area contributed by atoms with Crippen molar-refractivity contribution < 1.29 is 19.4 Å². The molecule has 1 aliphatic carbocycles. The molecular weight excluding hydrogens is 292 g/mol. The Kier molecular flexibility index (Phi) is 4.82. The van der Waals surface area contributed by atoms with Crippen LogP contribution >= 0.6 is 11.8 Å². The van der Waals surface area contributed by atoms with Gasteiger partial charge >= 0.3 is 11.9 Å². The predicted molar refractivity (Wildman–Crippen MR) is 77.7 cm³/mol. The highest BCUT2D eigenvalue weighted by atomic mass is 32.2. The first-order valence-electron chi connectivity index (χ1n) is 6.89. The lowest BCUT2D eigenvalue weighted by Crippen LogP contribution is -2.18. The van der Waals surface area contributed by atoms with Crippen molar-refractivity contribution in [2.24, 2.45) is 0 Å². The maximum Gasteiger partial charge on any atom is 0.340 e. The van der Waals surface area contributed by atoms with Crippen molar-refractivity contribution in [3.63, 3.8) is 0 Å². The maximum atomic E-state index is 11.7. The van der Waals surface area contributed by atoms with E-state index in [1.165, 1.54) is 0 Å². The second-order valence-corrected chi connectivity index (χ2v) is 6.27. The normalized spacial score (nSPS) is 15.6. The van der Waals surface area contributed by atoms with Crippen LogP contribution in [0, 0.1) is 6.92 Å². The Bertz CT molecular complexity index is 572. The first kappa shape index (κ1) is 15.8. The minimum absolute atomic E-state index is 0.0700. The topological polar surface area (TPSA) is 89.4 Å².